The van der Waals surface area contributed by atoms with Crippen molar-refractivity contribution in [3.63, 3.8) is 0 Å². The molecule has 11 heteroatoms. The lowest BCUT2D eigenvalue weighted by Gasteiger charge is -2.45. The average molecular weight is 389 g/mol. The standard InChI is InChI=1S/C15H19NO9S/c1-8(17)21-6-15(25-11(4)20)14(16-7-26)13(24-10(3)19)12(5-22-15)23-9(2)18/h12-14H,5-6H2,1-4H3. The molecular weight excluding hydrogens is 370 g/mol. The van der Waals surface area contributed by atoms with Crippen LogP contribution < -0.4 is 0 Å². The Hall–Kier alpha value is -2.36. The van der Waals surface area contributed by atoms with Crippen molar-refractivity contribution in [1.82, 2.24) is 0 Å². The van der Waals surface area contributed by atoms with Gasteiger partial charge in [-0.05, 0) is 12.2 Å². The fraction of sp³-hybridized carbons (Fsp3) is 0.667. The van der Waals surface area contributed by atoms with Gasteiger partial charge in [-0.3, -0.25) is 19.2 Å². The van der Waals surface area contributed by atoms with E-state index in [0.29, 0.717) is 0 Å². The van der Waals surface area contributed by atoms with Crippen LogP contribution in [-0.2, 0) is 42.9 Å². The molecule has 144 valence electrons. The summed E-state index contributed by atoms with van der Waals surface area (Å²) in [5, 5.41) is 2.09. The summed E-state index contributed by atoms with van der Waals surface area (Å²) in [7, 11) is 0. The molecule has 1 rings (SSSR count). The SMILES string of the molecule is CC(=O)OCC1(OC(C)=O)OCC(OC(C)=O)C(OC(C)=O)C1N=C=S. The number of aliphatic imine (C=N–C) groups is 1. The normalized spacial score (nSPS) is 27.5. The van der Waals surface area contributed by atoms with Gasteiger partial charge in [-0.15, -0.1) is 0 Å². The Labute approximate surface area is 154 Å². The summed E-state index contributed by atoms with van der Waals surface area (Å²) in [6, 6.07) is -1.29. The van der Waals surface area contributed by atoms with Crippen LogP contribution in [-0.4, -0.2) is 66.3 Å². The first kappa shape index (κ1) is 21.7. The molecule has 1 heterocycles. The Kier molecular flexibility index (Phi) is 7.81. The van der Waals surface area contributed by atoms with Crippen molar-refractivity contribution in [2.45, 2.75) is 51.7 Å². The zero-order chi connectivity index (χ0) is 19.9. The molecule has 10 nitrogen and oxygen atoms in total. The van der Waals surface area contributed by atoms with Crippen LogP contribution in [0.25, 0.3) is 0 Å². The van der Waals surface area contributed by atoms with Gasteiger partial charge in [0.25, 0.3) is 5.79 Å². The third-order valence-corrected chi connectivity index (χ3v) is 3.33. The molecule has 0 aromatic heterocycles. The van der Waals surface area contributed by atoms with E-state index in [-0.39, 0.29) is 6.61 Å². The van der Waals surface area contributed by atoms with E-state index in [2.05, 4.69) is 22.4 Å². The molecule has 0 spiro atoms. The highest BCUT2D eigenvalue weighted by molar-refractivity contribution is 7.78. The molecule has 0 amide bonds. The van der Waals surface area contributed by atoms with Gasteiger partial charge in [0.15, 0.2) is 24.9 Å². The van der Waals surface area contributed by atoms with Crippen LogP contribution in [0.2, 0.25) is 0 Å². The Balaban J connectivity index is 3.35. The fourth-order valence-electron chi connectivity index (χ4n) is 2.42. The Bertz CT molecular complexity index is 631. The molecule has 0 radical (unpaired) electrons. The van der Waals surface area contributed by atoms with Gasteiger partial charge in [0.1, 0.15) is 0 Å². The van der Waals surface area contributed by atoms with E-state index in [0.717, 1.165) is 27.7 Å². The van der Waals surface area contributed by atoms with Gasteiger partial charge >= 0.3 is 23.9 Å². The molecule has 1 aliphatic rings. The second-order valence-electron chi connectivity index (χ2n) is 5.38. The Morgan fingerprint density at radius 2 is 1.69 bits per heavy atom. The number of ether oxygens (including phenoxy) is 5. The van der Waals surface area contributed by atoms with Gasteiger partial charge in [0, 0.05) is 27.7 Å². The molecule has 1 fully saturated rings. The van der Waals surface area contributed by atoms with Crippen LogP contribution in [0, 0.1) is 0 Å². The lowest BCUT2D eigenvalue weighted by Crippen LogP contribution is -2.65. The van der Waals surface area contributed by atoms with E-state index in [1.807, 2.05) is 0 Å². The summed E-state index contributed by atoms with van der Waals surface area (Å²) in [4.78, 5) is 49.5. The monoisotopic (exact) mass is 389 g/mol. The number of isothiocyanates is 1. The first-order chi connectivity index (χ1) is 12.1. The van der Waals surface area contributed by atoms with Crippen molar-refractivity contribution >= 4 is 41.3 Å². The number of thiocarbonyl (C=S) groups is 1. The number of rotatable bonds is 6. The maximum atomic E-state index is 11.6. The largest absolute Gasteiger partial charge is 0.459 e. The highest BCUT2D eigenvalue weighted by Gasteiger charge is 2.57. The zero-order valence-electron chi connectivity index (χ0n) is 14.7. The smallest absolute Gasteiger partial charge is 0.305 e. The van der Waals surface area contributed by atoms with Gasteiger partial charge < -0.3 is 23.7 Å². The lowest BCUT2D eigenvalue weighted by molar-refractivity contribution is -0.303. The topological polar surface area (TPSA) is 127 Å². The zero-order valence-corrected chi connectivity index (χ0v) is 15.5. The molecule has 0 aromatic rings. The summed E-state index contributed by atoms with van der Waals surface area (Å²) in [5.74, 6) is -4.73. The Morgan fingerprint density at radius 3 is 2.15 bits per heavy atom. The number of esters is 4. The Morgan fingerprint density at radius 1 is 1.08 bits per heavy atom. The molecule has 0 bridgehead atoms. The van der Waals surface area contributed by atoms with Crippen molar-refractivity contribution in [3.05, 3.63) is 0 Å². The average Bonchev–Trinajstić information content (AvgIpc) is 2.50. The van der Waals surface area contributed by atoms with Crippen LogP contribution in [0.1, 0.15) is 27.7 Å². The number of nitrogens with zero attached hydrogens (tertiary/aromatic N) is 1. The molecule has 0 saturated carbocycles. The van der Waals surface area contributed by atoms with E-state index in [1.165, 1.54) is 0 Å². The number of hydrogen-bond acceptors (Lipinski definition) is 11. The molecular formula is C15H19NO9S. The lowest BCUT2D eigenvalue weighted by atomic mass is 9.94. The van der Waals surface area contributed by atoms with Gasteiger partial charge in [-0.25, -0.2) is 4.99 Å². The fourth-order valence-corrected chi connectivity index (χ4v) is 2.54. The van der Waals surface area contributed by atoms with Crippen LogP contribution in [0.5, 0.6) is 0 Å². The van der Waals surface area contributed by atoms with E-state index < -0.39 is 54.5 Å². The predicted octanol–water partition coefficient (Wildman–Crippen LogP) is 0.174. The second-order valence-corrected chi connectivity index (χ2v) is 5.57. The van der Waals surface area contributed by atoms with Crippen LogP contribution in [0.3, 0.4) is 0 Å². The highest BCUT2D eigenvalue weighted by atomic mass is 32.1. The number of carbonyl (C=O) groups excluding carboxylic acids is 4. The molecule has 4 unspecified atom stereocenters. The molecule has 0 aromatic carbocycles. The van der Waals surface area contributed by atoms with E-state index in [4.69, 9.17) is 23.7 Å². The third kappa shape index (κ3) is 5.87. The van der Waals surface area contributed by atoms with Crippen molar-refractivity contribution < 1.29 is 42.9 Å². The van der Waals surface area contributed by atoms with Crippen LogP contribution in [0.4, 0.5) is 0 Å². The summed E-state index contributed by atoms with van der Waals surface area (Å²) in [5.41, 5.74) is 0. The maximum Gasteiger partial charge on any atom is 0.305 e. The minimum Gasteiger partial charge on any atom is -0.459 e. The second kappa shape index (κ2) is 9.37. The van der Waals surface area contributed by atoms with Gasteiger partial charge in [0.2, 0.25) is 0 Å². The predicted molar refractivity (Wildman–Crippen MR) is 87.0 cm³/mol. The molecule has 1 saturated heterocycles. The van der Waals surface area contributed by atoms with E-state index in [1.54, 1.807) is 0 Å². The van der Waals surface area contributed by atoms with Crippen LogP contribution in [0.15, 0.2) is 4.99 Å². The minimum absolute atomic E-state index is 0.310. The van der Waals surface area contributed by atoms with Crippen molar-refractivity contribution in [3.8, 4) is 0 Å². The molecule has 0 aliphatic carbocycles. The van der Waals surface area contributed by atoms with E-state index >= 15 is 0 Å². The molecule has 0 N–H and O–H groups in total. The number of carbonyl (C=O) groups is 4. The number of hydrogen-bond donors (Lipinski definition) is 0. The molecule has 26 heavy (non-hydrogen) atoms. The summed E-state index contributed by atoms with van der Waals surface area (Å²) >= 11 is 4.61. The molecule has 4 atom stereocenters. The van der Waals surface area contributed by atoms with Crippen molar-refractivity contribution in [2.24, 2.45) is 4.99 Å². The first-order valence-corrected chi connectivity index (χ1v) is 7.90. The minimum atomic E-state index is -1.93. The van der Waals surface area contributed by atoms with Gasteiger partial charge in [-0.1, -0.05) is 0 Å². The van der Waals surface area contributed by atoms with Gasteiger partial charge in [-0.2, -0.15) is 0 Å². The summed E-state index contributed by atoms with van der Waals surface area (Å²) in [6.07, 6.45) is -2.26. The van der Waals surface area contributed by atoms with Gasteiger partial charge in [0.05, 0.1) is 11.8 Å². The molecule has 1 aliphatic heterocycles. The third-order valence-electron chi connectivity index (χ3n) is 3.22. The van der Waals surface area contributed by atoms with Crippen molar-refractivity contribution in [2.75, 3.05) is 13.2 Å². The van der Waals surface area contributed by atoms with E-state index in [9.17, 15) is 19.2 Å². The maximum absolute atomic E-state index is 11.6. The van der Waals surface area contributed by atoms with Crippen LogP contribution >= 0.6 is 12.2 Å². The summed E-state index contributed by atoms with van der Waals surface area (Å²) < 4.78 is 26.0. The first-order valence-electron chi connectivity index (χ1n) is 7.49. The quantitative estimate of drug-likeness (QED) is 0.268. The summed E-state index contributed by atoms with van der Waals surface area (Å²) in [6.45, 7) is 3.70. The van der Waals surface area contributed by atoms with Crippen molar-refractivity contribution in [1.29, 1.82) is 0 Å². The highest BCUT2D eigenvalue weighted by Crippen LogP contribution is 2.34.